The number of nitrogens with zero attached hydrogens (tertiary/aromatic N) is 3. The SMILES string of the molecule is COCC(=O)NC[C@H]1C[C@@H]2CCN1C[C@@H]2c1cc(C2CCCC2)nn1C. The average molecular weight is 361 g/mol. The predicted molar refractivity (Wildman–Crippen MR) is 100 cm³/mol. The number of hydrogen-bond donors (Lipinski definition) is 1. The molecule has 1 unspecified atom stereocenters. The van der Waals surface area contributed by atoms with Crippen LogP contribution in [0, 0.1) is 5.92 Å². The van der Waals surface area contributed by atoms with Crippen LogP contribution in [0.5, 0.6) is 0 Å². The molecule has 1 N–H and O–H groups in total. The number of aromatic nitrogens is 2. The van der Waals surface area contributed by atoms with E-state index in [1.807, 2.05) is 0 Å². The molecule has 26 heavy (non-hydrogen) atoms. The second-order valence-corrected chi connectivity index (χ2v) is 8.38. The Hall–Kier alpha value is -1.40. The van der Waals surface area contributed by atoms with E-state index < -0.39 is 0 Å². The lowest BCUT2D eigenvalue weighted by Gasteiger charge is -2.50. The molecule has 4 aliphatic rings. The van der Waals surface area contributed by atoms with Gasteiger partial charge in [0.05, 0.1) is 5.69 Å². The number of carbonyl (C=O) groups is 1. The van der Waals surface area contributed by atoms with Crippen molar-refractivity contribution >= 4 is 5.91 Å². The van der Waals surface area contributed by atoms with Crippen molar-refractivity contribution in [2.75, 3.05) is 33.4 Å². The molecule has 1 aliphatic carbocycles. The third kappa shape index (κ3) is 3.54. The van der Waals surface area contributed by atoms with Gasteiger partial charge in [0.15, 0.2) is 0 Å². The zero-order valence-corrected chi connectivity index (χ0v) is 16.1. The maximum Gasteiger partial charge on any atom is 0.246 e. The van der Waals surface area contributed by atoms with Gasteiger partial charge in [-0.1, -0.05) is 12.8 Å². The fourth-order valence-electron chi connectivity index (χ4n) is 5.37. The number of fused-ring (bicyclic) bond motifs is 3. The van der Waals surface area contributed by atoms with Crippen LogP contribution in [0.4, 0.5) is 0 Å². The van der Waals surface area contributed by atoms with Gasteiger partial charge in [0, 0.05) is 50.8 Å². The molecule has 144 valence electrons. The van der Waals surface area contributed by atoms with Crippen molar-refractivity contribution in [2.45, 2.75) is 56.4 Å². The molecule has 4 fully saturated rings. The minimum atomic E-state index is -0.0143. The molecule has 0 aromatic carbocycles. The first-order valence-corrected chi connectivity index (χ1v) is 10.2. The maximum atomic E-state index is 11.7. The van der Waals surface area contributed by atoms with Gasteiger partial charge < -0.3 is 10.1 Å². The van der Waals surface area contributed by atoms with Crippen molar-refractivity contribution in [1.82, 2.24) is 20.0 Å². The van der Waals surface area contributed by atoms with Gasteiger partial charge in [-0.2, -0.15) is 5.10 Å². The molecular weight excluding hydrogens is 328 g/mol. The summed E-state index contributed by atoms with van der Waals surface area (Å²) in [5, 5.41) is 7.90. The number of rotatable bonds is 6. The Morgan fingerprint density at radius 1 is 1.35 bits per heavy atom. The van der Waals surface area contributed by atoms with Gasteiger partial charge in [0.1, 0.15) is 6.61 Å². The highest BCUT2D eigenvalue weighted by Gasteiger charge is 2.42. The number of hydrogen-bond acceptors (Lipinski definition) is 4. The molecule has 1 aromatic heterocycles. The Bertz CT molecular complexity index is 638. The van der Waals surface area contributed by atoms with Crippen molar-refractivity contribution in [3.63, 3.8) is 0 Å². The van der Waals surface area contributed by atoms with Crippen LogP contribution in [0.1, 0.15) is 61.7 Å². The number of methoxy groups -OCH3 is 1. The Kier molecular flexibility index (Phi) is 5.32. The molecule has 6 heteroatoms. The van der Waals surface area contributed by atoms with Crippen molar-refractivity contribution in [2.24, 2.45) is 13.0 Å². The van der Waals surface area contributed by atoms with Crippen molar-refractivity contribution in [3.8, 4) is 0 Å². The van der Waals surface area contributed by atoms with E-state index in [0.717, 1.165) is 19.6 Å². The first-order chi connectivity index (χ1) is 12.7. The molecule has 0 spiro atoms. The van der Waals surface area contributed by atoms with Crippen LogP contribution in [-0.2, 0) is 16.6 Å². The van der Waals surface area contributed by atoms with Gasteiger partial charge in [-0.05, 0) is 44.2 Å². The average Bonchev–Trinajstić information content (AvgIpc) is 3.30. The second-order valence-electron chi connectivity index (χ2n) is 8.38. The van der Waals surface area contributed by atoms with Crippen LogP contribution >= 0.6 is 0 Å². The molecule has 5 rings (SSSR count). The molecule has 1 aromatic rings. The second kappa shape index (κ2) is 7.69. The molecule has 3 saturated heterocycles. The summed E-state index contributed by atoms with van der Waals surface area (Å²) >= 11 is 0. The highest BCUT2D eigenvalue weighted by atomic mass is 16.5. The zero-order valence-electron chi connectivity index (χ0n) is 16.1. The van der Waals surface area contributed by atoms with Crippen molar-refractivity contribution in [3.05, 3.63) is 17.5 Å². The molecule has 4 heterocycles. The first kappa shape index (κ1) is 18.0. The molecule has 1 saturated carbocycles. The lowest BCUT2D eigenvalue weighted by atomic mass is 9.74. The smallest absolute Gasteiger partial charge is 0.246 e. The summed E-state index contributed by atoms with van der Waals surface area (Å²) in [6, 6.07) is 2.87. The number of carbonyl (C=O) groups excluding carboxylic acids is 1. The Morgan fingerprint density at radius 3 is 2.85 bits per heavy atom. The standard InChI is InChI=1S/C20H32N4O2/c1-23-19(10-18(22-23)14-5-3-4-6-14)17-12-24-8-7-15(17)9-16(24)11-21-20(25)13-26-2/h10,14-17H,3-9,11-13H2,1-2H3,(H,21,25)/t15-,16+,17-/m0/s1. The summed E-state index contributed by atoms with van der Waals surface area (Å²) < 4.78 is 7.05. The van der Waals surface area contributed by atoms with Crippen LogP contribution in [0.3, 0.4) is 0 Å². The number of ether oxygens (including phenoxy) is 1. The van der Waals surface area contributed by atoms with E-state index >= 15 is 0 Å². The first-order valence-electron chi connectivity index (χ1n) is 10.2. The maximum absolute atomic E-state index is 11.7. The van der Waals surface area contributed by atoms with E-state index in [-0.39, 0.29) is 12.5 Å². The fourth-order valence-corrected chi connectivity index (χ4v) is 5.37. The third-order valence-electron chi connectivity index (χ3n) is 6.78. The third-order valence-corrected chi connectivity index (χ3v) is 6.78. The van der Waals surface area contributed by atoms with E-state index in [1.54, 1.807) is 7.11 Å². The van der Waals surface area contributed by atoms with Crippen LogP contribution in [0.15, 0.2) is 6.07 Å². The number of aryl methyl sites for hydroxylation is 1. The van der Waals surface area contributed by atoms with E-state index in [9.17, 15) is 4.79 Å². The van der Waals surface area contributed by atoms with Gasteiger partial charge >= 0.3 is 0 Å². The normalized spacial score (nSPS) is 31.5. The van der Waals surface area contributed by atoms with Gasteiger partial charge in [-0.25, -0.2) is 0 Å². The van der Waals surface area contributed by atoms with Crippen molar-refractivity contribution < 1.29 is 9.53 Å². The number of amides is 1. The lowest BCUT2D eigenvalue weighted by Crippen LogP contribution is -2.56. The van der Waals surface area contributed by atoms with Crippen molar-refractivity contribution in [1.29, 1.82) is 0 Å². The predicted octanol–water partition coefficient (Wildman–Crippen LogP) is 2.02. The Balaban J connectivity index is 1.40. The quantitative estimate of drug-likeness (QED) is 0.843. The van der Waals surface area contributed by atoms with Gasteiger partial charge in [0.25, 0.3) is 0 Å². The van der Waals surface area contributed by atoms with Gasteiger partial charge in [-0.3, -0.25) is 14.4 Å². The molecule has 4 atom stereocenters. The van der Waals surface area contributed by atoms with Crippen LogP contribution in [0.25, 0.3) is 0 Å². The van der Waals surface area contributed by atoms with E-state index in [1.165, 1.54) is 49.9 Å². The Labute approximate surface area is 156 Å². The molecule has 6 nitrogen and oxygen atoms in total. The summed E-state index contributed by atoms with van der Waals surface area (Å²) in [6.07, 6.45) is 7.75. The molecule has 2 bridgehead atoms. The number of piperidine rings is 3. The highest BCUT2D eigenvalue weighted by Crippen LogP contribution is 2.43. The number of nitrogens with one attached hydrogen (secondary N) is 1. The molecule has 0 radical (unpaired) electrons. The zero-order chi connectivity index (χ0) is 18.1. The van der Waals surface area contributed by atoms with E-state index in [2.05, 4.69) is 28.0 Å². The minimum absolute atomic E-state index is 0.0143. The Morgan fingerprint density at radius 2 is 2.15 bits per heavy atom. The summed E-state index contributed by atoms with van der Waals surface area (Å²) in [4.78, 5) is 14.3. The minimum Gasteiger partial charge on any atom is -0.375 e. The highest BCUT2D eigenvalue weighted by molar-refractivity contribution is 5.77. The van der Waals surface area contributed by atoms with E-state index in [0.29, 0.717) is 23.8 Å². The topological polar surface area (TPSA) is 59.4 Å². The largest absolute Gasteiger partial charge is 0.375 e. The molecule has 1 amide bonds. The summed E-state index contributed by atoms with van der Waals surface area (Å²) in [5.74, 6) is 1.96. The van der Waals surface area contributed by atoms with Crippen LogP contribution in [0.2, 0.25) is 0 Å². The summed E-state index contributed by atoms with van der Waals surface area (Å²) in [7, 11) is 3.68. The van der Waals surface area contributed by atoms with Gasteiger partial charge in [0.2, 0.25) is 5.91 Å². The summed E-state index contributed by atoms with van der Waals surface area (Å²) in [6.45, 7) is 3.14. The van der Waals surface area contributed by atoms with E-state index in [4.69, 9.17) is 9.84 Å². The monoisotopic (exact) mass is 360 g/mol. The lowest BCUT2D eigenvalue weighted by molar-refractivity contribution is -0.125. The van der Waals surface area contributed by atoms with Gasteiger partial charge in [-0.15, -0.1) is 0 Å². The summed E-state index contributed by atoms with van der Waals surface area (Å²) in [5.41, 5.74) is 2.74. The molecule has 3 aliphatic heterocycles. The van der Waals surface area contributed by atoms with Crippen LogP contribution < -0.4 is 5.32 Å². The fraction of sp³-hybridized carbons (Fsp3) is 0.800. The van der Waals surface area contributed by atoms with Crippen LogP contribution in [-0.4, -0.2) is 60.0 Å². The molecular formula is C20H32N4O2.